The van der Waals surface area contributed by atoms with Gasteiger partial charge in [0, 0.05) is 17.8 Å². The highest BCUT2D eigenvalue weighted by molar-refractivity contribution is 5.94. The highest BCUT2D eigenvalue weighted by Gasteiger charge is 2.26. The summed E-state index contributed by atoms with van der Waals surface area (Å²) in [4.78, 5) is 11.3. The molecule has 3 nitrogen and oxygen atoms in total. The minimum absolute atomic E-state index is 0.288. The number of carbonyl (C=O) groups is 1. The highest BCUT2D eigenvalue weighted by atomic mass is 19.4. The summed E-state index contributed by atoms with van der Waals surface area (Å²) in [6, 6.07) is 5.94. The molecule has 0 saturated heterocycles. The summed E-state index contributed by atoms with van der Waals surface area (Å²) < 4.78 is 35.4. The number of nitrogens with one attached hydrogen (secondary N) is 1. The van der Waals surface area contributed by atoms with Gasteiger partial charge in [0.25, 0.3) is 5.91 Å². The Morgan fingerprint density at radius 2 is 1.81 bits per heavy atom. The largest absolute Gasteiger partial charge is 0.399 e. The van der Waals surface area contributed by atoms with Gasteiger partial charge in [-0.25, -0.2) is 0 Å². The van der Waals surface area contributed by atoms with Gasteiger partial charge in [-0.15, -0.1) is 0 Å². The molecule has 3 N–H and O–H groups in total. The summed E-state index contributed by atoms with van der Waals surface area (Å²) in [6.45, 7) is -0.424. The molecule has 0 unspecified atom stereocenters. The molecule has 0 saturated carbocycles. The Hall–Kier alpha value is -1.72. The SMILES string of the molecule is Nc1ccc(C(=O)NCCC(F)(F)F)cc1. The zero-order valence-corrected chi connectivity index (χ0v) is 8.34. The van der Waals surface area contributed by atoms with Gasteiger partial charge < -0.3 is 11.1 Å². The fourth-order valence-electron chi connectivity index (χ4n) is 1.05. The molecule has 6 heteroatoms. The van der Waals surface area contributed by atoms with Gasteiger partial charge in [-0.3, -0.25) is 4.79 Å². The van der Waals surface area contributed by atoms with Gasteiger partial charge in [0.1, 0.15) is 0 Å². The van der Waals surface area contributed by atoms with Gasteiger partial charge in [-0.2, -0.15) is 13.2 Å². The monoisotopic (exact) mass is 232 g/mol. The molecular formula is C10H11F3N2O. The van der Waals surface area contributed by atoms with Gasteiger partial charge in [0.05, 0.1) is 6.42 Å². The Bertz CT molecular complexity index is 359. The average molecular weight is 232 g/mol. The standard InChI is InChI=1S/C10H11F3N2O/c11-10(12,13)5-6-15-9(16)7-1-3-8(14)4-2-7/h1-4H,5-6,14H2,(H,15,16). The maximum atomic E-state index is 11.8. The van der Waals surface area contributed by atoms with Crippen LogP contribution in [0.5, 0.6) is 0 Å². The number of rotatable bonds is 3. The van der Waals surface area contributed by atoms with Crippen molar-refractivity contribution in [2.24, 2.45) is 0 Å². The van der Waals surface area contributed by atoms with Crippen molar-refractivity contribution in [1.82, 2.24) is 5.32 Å². The number of carbonyl (C=O) groups excluding carboxylic acids is 1. The van der Waals surface area contributed by atoms with E-state index in [4.69, 9.17) is 5.73 Å². The van der Waals surface area contributed by atoms with Crippen LogP contribution in [0.2, 0.25) is 0 Å². The number of nitrogen functional groups attached to an aromatic ring is 1. The van der Waals surface area contributed by atoms with E-state index in [1.807, 2.05) is 0 Å². The van der Waals surface area contributed by atoms with Gasteiger partial charge >= 0.3 is 6.18 Å². The van der Waals surface area contributed by atoms with E-state index in [0.717, 1.165) is 0 Å². The molecule has 0 fully saturated rings. The molecule has 1 rings (SSSR count). The minimum Gasteiger partial charge on any atom is -0.399 e. The van der Waals surface area contributed by atoms with E-state index in [9.17, 15) is 18.0 Å². The topological polar surface area (TPSA) is 55.1 Å². The molecule has 1 amide bonds. The molecule has 16 heavy (non-hydrogen) atoms. The first-order valence-electron chi connectivity index (χ1n) is 4.59. The van der Waals surface area contributed by atoms with Crippen LogP contribution in [0.15, 0.2) is 24.3 Å². The van der Waals surface area contributed by atoms with Crippen LogP contribution in [0.25, 0.3) is 0 Å². The van der Waals surface area contributed by atoms with Crippen LogP contribution in [-0.2, 0) is 0 Å². The zero-order valence-electron chi connectivity index (χ0n) is 8.34. The number of nitrogens with two attached hydrogens (primary N) is 1. The van der Waals surface area contributed by atoms with Gasteiger partial charge in [-0.05, 0) is 24.3 Å². The fraction of sp³-hybridized carbons (Fsp3) is 0.300. The molecule has 1 aromatic rings. The maximum Gasteiger partial charge on any atom is 0.390 e. The number of halogens is 3. The predicted octanol–water partition coefficient (Wildman–Crippen LogP) is 1.95. The fourth-order valence-corrected chi connectivity index (χ4v) is 1.05. The van der Waals surface area contributed by atoms with Crippen molar-refractivity contribution < 1.29 is 18.0 Å². The van der Waals surface area contributed by atoms with Crippen molar-refractivity contribution in [3.63, 3.8) is 0 Å². The molecule has 0 heterocycles. The van der Waals surface area contributed by atoms with Crippen molar-refractivity contribution in [2.45, 2.75) is 12.6 Å². The van der Waals surface area contributed by atoms with E-state index in [1.165, 1.54) is 24.3 Å². The molecule has 0 aliphatic carbocycles. The maximum absolute atomic E-state index is 11.8. The van der Waals surface area contributed by atoms with Crippen LogP contribution in [0, 0.1) is 0 Å². The van der Waals surface area contributed by atoms with E-state index in [0.29, 0.717) is 5.69 Å². The quantitative estimate of drug-likeness (QED) is 0.782. The second-order valence-corrected chi connectivity index (χ2v) is 3.24. The van der Waals surface area contributed by atoms with E-state index < -0.39 is 25.0 Å². The Morgan fingerprint density at radius 3 is 2.31 bits per heavy atom. The minimum atomic E-state index is -4.26. The van der Waals surface area contributed by atoms with Crippen molar-refractivity contribution in [2.75, 3.05) is 12.3 Å². The normalized spacial score (nSPS) is 11.2. The van der Waals surface area contributed by atoms with Crippen molar-refractivity contribution in [3.05, 3.63) is 29.8 Å². The lowest BCUT2D eigenvalue weighted by atomic mass is 10.2. The smallest absolute Gasteiger partial charge is 0.390 e. The Balaban J connectivity index is 2.44. The van der Waals surface area contributed by atoms with Crippen LogP contribution >= 0.6 is 0 Å². The number of hydrogen-bond acceptors (Lipinski definition) is 2. The van der Waals surface area contributed by atoms with Gasteiger partial charge in [0.2, 0.25) is 0 Å². The lowest BCUT2D eigenvalue weighted by Gasteiger charge is -2.07. The van der Waals surface area contributed by atoms with Gasteiger partial charge in [0.15, 0.2) is 0 Å². The third kappa shape index (κ3) is 4.20. The summed E-state index contributed by atoms with van der Waals surface area (Å²) in [5.41, 5.74) is 6.18. The van der Waals surface area contributed by atoms with Crippen LogP contribution < -0.4 is 11.1 Å². The van der Waals surface area contributed by atoms with Crippen molar-refractivity contribution >= 4 is 11.6 Å². The Kier molecular flexibility index (Phi) is 3.76. The summed E-state index contributed by atoms with van der Waals surface area (Å²) in [5, 5.41) is 2.18. The molecule has 0 aliphatic heterocycles. The third-order valence-corrected chi connectivity index (χ3v) is 1.87. The molecule has 0 spiro atoms. The number of hydrogen-bond donors (Lipinski definition) is 2. The Morgan fingerprint density at radius 1 is 1.25 bits per heavy atom. The lowest BCUT2D eigenvalue weighted by Crippen LogP contribution is -2.27. The zero-order chi connectivity index (χ0) is 12.2. The molecular weight excluding hydrogens is 221 g/mol. The molecule has 0 bridgehead atoms. The molecule has 0 aromatic heterocycles. The lowest BCUT2D eigenvalue weighted by molar-refractivity contribution is -0.132. The average Bonchev–Trinajstić information content (AvgIpc) is 2.16. The summed E-state index contributed by atoms with van der Waals surface area (Å²) in [5.74, 6) is -0.538. The number of benzene rings is 1. The van der Waals surface area contributed by atoms with E-state index in [-0.39, 0.29) is 5.56 Å². The van der Waals surface area contributed by atoms with E-state index in [2.05, 4.69) is 5.32 Å². The van der Waals surface area contributed by atoms with Crippen molar-refractivity contribution in [3.8, 4) is 0 Å². The van der Waals surface area contributed by atoms with E-state index in [1.54, 1.807) is 0 Å². The number of amides is 1. The summed E-state index contributed by atoms with van der Waals surface area (Å²) >= 11 is 0. The van der Waals surface area contributed by atoms with E-state index >= 15 is 0 Å². The second-order valence-electron chi connectivity index (χ2n) is 3.24. The molecule has 0 aliphatic rings. The number of alkyl halides is 3. The first-order valence-corrected chi connectivity index (χ1v) is 4.59. The molecule has 0 atom stereocenters. The van der Waals surface area contributed by atoms with Crippen molar-refractivity contribution in [1.29, 1.82) is 0 Å². The van der Waals surface area contributed by atoms with Crippen LogP contribution in [0.3, 0.4) is 0 Å². The number of anilines is 1. The first-order chi connectivity index (χ1) is 7.38. The Labute approximate surface area is 90.4 Å². The summed E-state index contributed by atoms with van der Waals surface area (Å²) in [7, 11) is 0. The van der Waals surface area contributed by atoms with Crippen LogP contribution in [0.1, 0.15) is 16.8 Å². The highest BCUT2D eigenvalue weighted by Crippen LogP contribution is 2.18. The first kappa shape index (κ1) is 12.4. The predicted molar refractivity (Wildman–Crippen MR) is 53.9 cm³/mol. The molecule has 88 valence electrons. The third-order valence-electron chi connectivity index (χ3n) is 1.87. The molecule has 0 radical (unpaired) electrons. The second kappa shape index (κ2) is 4.87. The van der Waals surface area contributed by atoms with Crippen LogP contribution in [-0.4, -0.2) is 18.6 Å². The van der Waals surface area contributed by atoms with Gasteiger partial charge in [-0.1, -0.05) is 0 Å². The molecule has 1 aromatic carbocycles. The van der Waals surface area contributed by atoms with Crippen LogP contribution in [0.4, 0.5) is 18.9 Å². The summed E-state index contributed by atoms with van der Waals surface area (Å²) in [6.07, 6.45) is -5.29.